The van der Waals surface area contributed by atoms with Gasteiger partial charge in [0.25, 0.3) is 5.91 Å². The van der Waals surface area contributed by atoms with Gasteiger partial charge >= 0.3 is 5.97 Å². The summed E-state index contributed by atoms with van der Waals surface area (Å²) in [6.07, 6.45) is 5.80. The van der Waals surface area contributed by atoms with Crippen molar-refractivity contribution < 1.29 is 19.1 Å². The lowest BCUT2D eigenvalue weighted by molar-refractivity contribution is -0.141. The van der Waals surface area contributed by atoms with Gasteiger partial charge in [-0.15, -0.1) is 11.3 Å². The fourth-order valence-electron chi connectivity index (χ4n) is 4.08. The summed E-state index contributed by atoms with van der Waals surface area (Å²) < 4.78 is 5.43. The second-order valence-corrected chi connectivity index (χ2v) is 7.37. The molecule has 1 N–H and O–H groups in total. The van der Waals surface area contributed by atoms with E-state index < -0.39 is 12.0 Å². The number of fused-ring (bicyclic) bond motifs is 1. The highest BCUT2D eigenvalue weighted by atomic mass is 32.1. The van der Waals surface area contributed by atoms with Crippen LogP contribution in [0.15, 0.2) is 28.3 Å². The Hall–Kier alpha value is -2.15. The topological polar surface area (TPSA) is 83.6 Å². The zero-order valence-corrected chi connectivity index (χ0v) is 13.9. The zero-order valence-electron chi connectivity index (χ0n) is 13.1. The number of amides is 1. The van der Waals surface area contributed by atoms with Crippen LogP contribution in [0, 0.1) is 5.92 Å². The number of hydrogen-bond acceptors (Lipinski definition) is 5. The molecule has 2 aliphatic rings. The first-order chi connectivity index (χ1) is 11.7. The fourth-order valence-corrected chi connectivity index (χ4v) is 4.79. The summed E-state index contributed by atoms with van der Waals surface area (Å²) in [5, 5.41) is 11.5. The molecule has 7 heteroatoms. The van der Waals surface area contributed by atoms with Gasteiger partial charge in [-0.05, 0) is 36.6 Å². The predicted molar refractivity (Wildman–Crippen MR) is 87.8 cm³/mol. The number of thiophene rings is 1. The van der Waals surface area contributed by atoms with Crippen LogP contribution < -0.4 is 0 Å². The molecular formula is C17H18N2O4S. The van der Waals surface area contributed by atoms with Crippen LogP contribution >= 0.6 is 11.3 Å². The molecule has 3 heterocycles. The lowest BCUT2D eigenvalue weighted by Gasteiger charge is -2.32. The standard InChI is InChI=1S/C17H18N2O4S/c20-16(14-15(23-9-18-14)13-6-3-7-24-13)19-11-5-2-1-4-10(11)8-12(19)17(21)22/h3,6-7,9-12H,1-2,4-5,8H2,(H,21,22). The van der Waals surface area contributed by atoms with E-state index in [0.29, 0.717) is 12.2 Å². The molecule has 1 saturated carbocycles. The molecule has 1 aliphatic carbocycles. The van der Waals surface area contributed by atoms with Gasteiger partial charge in [0, 0.05) is 6.04 Å². The number of carboxylic acid groups (broad SMARTS) is 1. The van der Waals surface area contributed by atoms with Crippen LogP contribution in [0.3, 0.4) is 0 Å². The van der Waals surface area contributed by atoms with Crippen molar-refractivity contribution in [3.05, 3.63) is 29.6 Å². The van der Waals surface area contributed by atoms with Crippen LogP contribution in [-0.2, 0) is 4.79 Å². The molecule has 0 bridgehead atoms. The van der Waals surface area contributed by atoms with E-state index in [2.05, 4.69) is 4.98 Å². The number of carbonyl (C=O) groups is 2. The van der Waals surface area contributed by atoms with Crippen molar-refractivity contribution in [2.75, 3.05) is 0 Å². The molecule has 126 valence electrons. The predicted octanol–water partition coefficient (Wildman–Crippen LogP) is 3.26. The van der Waals surface area contributed by atoms with Gasteiger partial charge in [-0.3, -0.25) is 4.79 Å². The minimum absolute atomic E-state index is 0.000218. The van der Waals surface area contributed by atoms with Gasteiger partial charge in [0.2, 0.25) is 0 Å². The maximum absolute atomic E-state index is 13.1. The summed E-state index contributed by atoms with van der Waals surface area (Å²) in [4.78, 5) is 31.3. The quantitative estimate of drug-likeness (QED) is 0.922. The maximum atomic E-state index is 13.1. The highest BCUT2D eigenvalue weighted by molar-refractivity contribution is 7.13. The molecule has 2 fully saturated rings. The van der Waals surface area contributed by atoms with Gasteiger partial charge in [-0.2, -0.15) is 0 Å². The van der Waals surface area contributed by atoms with Crippen molar-refractivity contribution in [3.63, 3.8) is 0 Å². The van der Waals surface area contributed by atoms with Crippen LogP contribution in [0.5, 0.6) is 0 Å². The van der Waals surface area contributed by atoms with Crippen LogP contribution in [-0.4, -0.2) is 39.0 Å². The molecule has 24 heavy (non-hydrogen) atoms. The summed E-state index contributed by atoms with van der Waals surface area (Å²) in [5.74, 6) is -0.549. The van der Waals surface area contributed by atoms with E-state index in [0.717, 1.165) is 30.6 Å². The summed E-state index contributed by atoms with van der Waals surface area (Å²) in [6.45, 7) is 0. The molecule has 4 rings (SSSR count). The second-order valence-electron chi connectivity index (χ2n) is 6.42. The zero-order chi connectivity index (χ0) is 16.7. The van der Waals surface area contributed by atoms with Crippen molar-refractivity contribution in [2.45, 2.75) is 44.2 Å². The Morgan fingerprint density at radius 2 is 2.17 bits per heavy atom. The van der Waals surface area contributed by atoms with Gasteiger partial charge in [-0.1, -0.05) is 18.9 Å². The van der Waals surface area contributed by atoms with E-state index in [1.807, 2.05) is 17.5 Å². The molecule has 3 unspecified atom stereocenters. The average molecular weight is 346 g/mol. The molecule has 0 spiro atoms. The van der Waals surface area contributed by atoms with Gasteiger partial charge in [0.1, 0.15) is 6.04 Å². The number of aliphatic carboxylic acids is 1. The van der Waals surface area contributed by atoms with Crippen molar-refractivity contribution in [1.29, 1.82) is 0 Å². The number of hydrogen-bond donors (Lipinski definition) is 1. The van der Waals surface area contributed by atoms with E-state index in [4.69, 9.17) is 4.42 Å². The van der Waals surface area contributed by atoms with Crippen molar-refractivity contribution in [3.8, 4) is 10.6 Å². The van der Waals surface area contributed by atoms with Crippen LogP contribution in [0.2, 0.25) is 0 Å². The van der Waals surface area contributed by atoms with Gasteiger partial charge in [0.15, 0.2) is 17.8 Å². The highest BCUT2D eigenvalue weighted by Gasteiger charge is 2.48. The number of carboxylic acids is 1. The molecule has 3 atom stereocenters. The Morgan fingerprint density at radius 3 is 2.92 bits per heavy atom. The average Bonchev–Trinajstić information content (AvgIpc) is 3.31. The lowest BCUT2D eigenvalue weighted by Crippen LogP contribution is -2.46. The Morgan fingerprint density at radius 1 is 1.33 bits per heavy atom. The normalized spacial score (nSPS) is 26.3. The SMILES string of the molecule is O=C(O)C1CC2CCCCC2N1C(=O)c1ncoc1-c1cccs1. The van der Waals surface area contributed by atoms with E-state index in [-0.39, 0.29) is 23.6 Å². The number of carbonyl (C=O) groups excluding carboxylic acids is 1. The first kappa shape index (κ1) is 15.4. The number of aromatic nitrogens is 1. The number of nitrogens with zero attached hydrogens (tertiary/aromatic N) is 2. The number of oxazole rings is 1. The van der Waals surface area contributed by atoms with E-state index in [1.54, 1.807) is 4.90 Å². The molecule has 1 saturated heterocycles. The lowest BCUT2D eigenvalue weighted by atomic mass is 9.84. The van der Waals surface area contributed by atoms with Crippen molar-refractivity contribution >= 4 is 23.2 Å². The van der Waals surface area contributed by atoms with Crippen LogP contribution in [0.1, 0.15) is 42.6 Å². The molecule has 0 radical (unpaired) electrons. The summed E-state index contributed by atoms with van der Waals surface area (Å²) in [6, 6.07) is 2.98. The Labute approximate surface area is 143 Å². The summed E-state index contributed by atoms with van der Waals surface area (Å²) in [7, 11) is 0. The Bertz CT molecular complexity index is 754. The first-order valence-corrected chi connectivity index (χ1v) is 9.07. The van der Waals surface area contributed by atoms with Crippen molar-refractivity contribution in [2.24, 2.45) is 5.92 Å². The van der Waals surface area contributed by atoms with E-state index in [1.165, 1.54) is 17.7 Å². The molecular weight excluding hydrogens is 328 g/mol. The van der Waals surface area contributed by atoms with Gasteiger partial charge < -0.3 is 14.4 Å². The summed E-state index contributed by atoms with van der Waals surface area (Å²) >= 11 is 1.46. The number of rotatable bonds is 3. The monoisotopic (exact) mass is 346 g/mol. The Kier molecular flexibility index (Phi) is 3.88. The minimum atomic E-state index is -0.932. The Balaban J connectivity index is 1.70. The third-order valence-electron chi connectivity index (χ3n) is 5.12. The second kappa shape index (κ2) is 6.05. The third kappa shape index (κ3) is 2.43. The molecule has 1 amide bonds. The largest absolute Gasteiger partial charge is 0.480 e. The van der Waals surface area contributed by atoms with Crippen LogP contribution in [0.4, 0.5) is 0 Å². The minimum Gasteiger partial charge on any atom is -0.480 e. The molecule has 2 aromatic heterocycles. The number of likely N-dealkylation sites (tertiary alicyclic amines) is 1. The highest BCUT2D eigenvalue weighted by Crippen LogP contribution is 2.41. The third-order valence-corrected chi connectivity index (χ3v) is 5.99. The summed E-state index contributed by atoms with van der Waals surface area (Å²) in [5.41, 5.74) is 0.218. The molecule has 0 aromatic carbocycles. The fraction of sp³-hybridized carbons (Fsp3) is 0.471. The molecule has 1 aliphatic heterocycles. The van der Waals surface area contributed by atoms with Crippen molar-refractivity contribution in [1.82, 2.24) is 9.88 Å². The smallest absolute Gasteiger partial charge is 0.326 e. The van der Waals surface area contributed by atoms with E-state index >= 15 is 0 Å². The van der Waals surface area contributed by atoms with Gasteiger partial charge in [0.05, 0.1) is 4.88 Å². The van der Waals surface area contributed by atoms with E-state index in [9.17, 15) is 14.7 Å². The molecule has 6 nitrogen and oxygen atoms in total. The maximum Gasteiger partial charge on any atom is 0.326 e. The first-order valence-electron chi connectivity index (χ1n) is 8.19. The van der Waals surface area contributed by atoms with Crippen LogP contribution in [0.25, 0.3) is 10.6 Å². The van der Waals surface area contributed by atoms with Gasteiger partial charge in [-0.25, -0.2) is 9.78 Å². The molecule has 2 aromatic rings.